The average Bonchev–Trinajstić information content (AvgIpc) is 2.38. The molecule has 0 fully saturated rings. The van der Waals surface area contributed by atoms with Crippen molar-refractivity contribution < 1.29 is 14.7 Å². The predicted molar refractivity (Wildman–Crippen MR) is 76.1 cm³/mol. The number of carboxylic acid groups (broad SMARTS) is 1. The number of benzene rings is 1. The maximum Gasteiger partial charge on any atom is 0.327 e. The number of urea groups is 1. The molecule has 0 heterocycles. The van der Waals surface area contributed by atoms with Gasteiger partial charge in [0, 0.05) is 6.42 Å². The molecule has 0 spiro atoms. The van der Waals surface area contributed by atoms with Gasteiger partial charge in [0.1, 0.15) is 6.04 Å². The van der Waals surface area contributed by atoms with E-state index in [-0.39, 0.29) is 12.5 Å². The molecule has 5 nitrogen and oxygen atoms in total. The van der Waals surface area contributed by atoms with Crippen LogP contribution in [0.5, 0.6) is 0 Å². The standard InChI is InChI=1S/C15H18N2O3/c1-4-7-13(14(18)19)17-15(20)16-11(3)12-9-6-5-8-10(12)2/h1,5-6,8-9,11,13H,7H2,2-3H3,(H,18,19)(H2,16,17,20). The number of aryl methyl sites for hydroxylation is 1. The normalized spacial score (nSPS) is 12.8. The molecule has 2 unspecified atom stereocenters. The van der Waals surface area contributed by atoms with Gasteiger partial charge in [-0.3, -0.25) is 0 Å². The molecule has 1 rings (SSSR count). The summed E-state index contributed by atoms with van der Waals surface area (Å²) in [6, 6.07) is 5.81. The summed E-state index contributed by atoms with van der Waals surface area (Å²) in [4.78, 5) is 22.7. The lowest BCUT2D eigenvalue weighted by Crippen LogP contribution is -2.46. The van der Waals surface area contributed by atoms with Gasteiger partial charge in [-0.05, 0) is 25.0 Å². The van der Waals surface area contributed by atoms with Crippen molar-refractivity contribution in [1.29, 1.82) is 0 Å². The first-order valence-electron chi connectivity index (χ1n) is 6.24. The largest absolute Gasteiger partial charge is 0.480 e. The van der Waals surface area contributed by atoms with Crippen molar-refractivity contribution in [3.8, 4) is 12.3 Å². The molecule has 0 saturated carbocycles. The van der Waals surface area contributed by atoms with E-state index in [9.17, 15) is 9.59 Å². The molecule has 2 atom stereocenters. The molecule has 0 radical (unpaired) electrons. The van der Waals surface area contributed by atoms with Gasteiger partial charge >= 0.3 is 12.0 Å². The minimum Gasteiger partial charge on any atom is -0.480 e. The summed E-state index contributed by atoms with van der Waals surface area (Å²) < 4.78 is 0. The molecule has 2 amide bonds. The van der Waals surface area contributed by atoms with Crippen LogP contribution in [-0.4, -0.2) is 23.1 Å². The Balaban J connectivity index is 2.64. The van der Waals surface area contributed by atoms with Crippen molar-refractivity contribution in [1.82, 2.24) is 10.6 Å². The van der Waals surface area contributed by atoms with Gasteiger partial charge in [-0.25, -0.2) is 9.59 Å². The van der Waals surface area contributed by atoms with Crippen molar-refractivity contribution in [2.45, 2.75) is 32.4 Å². The Hall–Kier alpha value is -2.48. The molecular weight excluding hydrogens is 256 g/mol. The summed E-state index contributed by atoms with van der Waals surface area (Å²) in [5, 5.41) is 14.0. The van der Waals surface area contributed by atoms with Crippen LogP contribution in [0.3, 0.4) is 0 Å². The van der Waals surface area contributed by atoms with Gasteiger partial charge < -0.3 is 15.7 Å². The van der Waals surface area contributed by atoms with Gasteiger partial charge in [0.15, 0.2) is 0 Å². The molecule has 1 aromatic carbocycles. The maximum absolute atomic E-state index is 11.8. The molecule has 3 N–H and O–H groups in total. The van der Waals surface area contributed by atoms with Gasteiger partial charge in [-0.1, -0.05) is 24.3 Å². The number of carbonyl (C=O) groups excluding carboxylic acids is 1. The molecule has 1 aromatic rings. The average molecular weight is 274 g/mol. The van der Waals surface area contributed by atoms with E-state index in [2.05, 4.69) is 16.6 Å². The Bertz CT molecular complexity index is 534. The number of terminal acetylenes is 1. The third-order valence-electron chi connectivity index (χ3n) is 2.93. The van der Waals surface area contributed by atoms with E-state index < -0.39 is 18.0 Å². The fourth-order valence-electron chi connectivity index (χ4n) is 1.86. The molecule has 5 heteroatoms. The number of nitrogens with one attached hydrogen (secondary N) is 2. The number of hydrogen-bond donors (Lipinski definition) is 3. The highest BCUT2D eigenvalue weighted by atomic mass is 16.4. The van der Waals surface area contributed by atoms with Crippen LogP contribution in [0.2, 0.25) is 0 Å². The van der Waals surface area contributed by atoms with Crippen molar-refractivity contribution in [3.05, 3.63) is 35.4 Å². The van der Waals surface area contributed by atoms with Gasteiger partial charge in [0.05, 0.1) is 6.04 Å². The quantitative estimate of drug-likeness (QED) is 0.717. The Morgan fingerprint density at radius 2 is 2.00 bits per heavy atom. The fraction of sp³-hybridized carbons (Fsp3) is 0.333. The van der Waals surface area contributed by atoms with Crippen LogP contribution < -0.4 is 10.6 Å². The lowest BCUT2D eigenvalue weighted by atomic mass is 10.0. The van der Waals surface area contributed by atoms with Crippen LogP contribution in [0.4, 0.5) is 4.79 Å². The van der Waals surface area contributed by atoms with E-state index in [1.165, 1.54) is 0 Å². The highest BCUT2D eigenvalue weighted by Crippen LogP contribution is 2.16. The fourth-order valence-corrected chi connectivity index (χ4v) is 1.86. The summed E-state index contributed by atoms with van der Waals surface area (Å²) in [6.45, 7) is 3.78. The van der Waals surface area contributed by atoms with E-state index in [4.69, 9.17) is 11.5 Å². The molecule has 0 aliphatic carbocycles. The summed E-state index contributed by atoms with van der Waals surface area (Å²) in [5.74, 6) is 1.07. The Morgan fingerprint density at radius 1 is 1.35 bits per heavy atom. The van der Waals surface area contributed by atoms with Gasteiger partial charge in [-0.15, -0.1) is 12.3 Å². The van der Waals surface area contributed by atoms with Crippen LogP contribution in [0.15, 0.2) is 24.3 Å². The molecule has 106 valence electrons. The zero-order valence-corrected chi connectivity index (χ0v) is 11.5. The number of carbonyl (C=O) groups is 2. The summed E-state index contributed by atoms with van der Waals surface area (Å²) in [5.41, 5.74) is 2.03. The molecular formula is C15H18N2O3. The van der Waals surface area contributed by atoms with Crippen LogP contribution in [0.25, 0.3) is 0 Å². The number of amides is 2. The first-order valence-corrected chi connectivity index (χ1v) is 6.24. The molecule has 0 saturated heterocycles. The maximum atomic E-state index is 11.8. The van der Waals surface area contributed by atoms with Crippen molar-refractivity contribution in [2.24, 2.45) is 0 Å². The number of rotatable bonds is 5. The third kappa shape index (κ3) is 4.32. The van der Waals surface area contributed by atoms with Gasteiger partial charge in [0.2, 0.25) is 0 Å². The van der Waals surface area contributed by atoms with E-state index in [0.29, 0.717) is 0 Å². The van der Waals surface area contributed by atoms with E-state index >= 15 is 0 Å². The smallest absolute Gasteiger partial charge is 0.327 e. The summed E-state index contributed by atoms with van der Waals surface area (Å²) in [7, 11) is 0. The summed E-state index contributed by atoms with van der Waals surface area (Å²) >= 11 is 0. The molecule has 0 aliphatic rings. The van der Waals surface area contributed by atoms with Crippen LogP contribution in [-0.2, 0) is 4.79 Å². The predicted octanol–water partition coefficient (Wildman–Crippen LogP) is 1.83. The first-order chi connectivity index (χ1) is 9.45. The Morgan fingerprint density at radius 3 is 2.55 bits per heavy atom. The number of aliphatic carboxylic acids is 1. The van der Waals surface area contributed by atoms with Gasteiger partial charge in [0.25, 0.3) is 0 Å². The highest BCUT2D eigenvalue weighted by Gasteiger charge is 2.20. The second-order valence-corrected chi connectivity index (χ2v) is 4.50. The van der Waals surface area contributed by atoms with Crippen LogP contribution in [0.1, 0.15) is 30.5 Å². The van der Waals surface area contributed by atoms with Crippen molar-refractivity contribution >= 4 is 12.0 Å². The van der Waals surface area contributed by atoms with Crippen molar-refractivity contribution in [2.75, 3.05) is 0 Å². The highest BCUT2D eigenvalue weighted by molar-refractivity contribution is 5.82. The van der Waals surface area contributed by atoms with Crippen LogP contribution >= 0.6 is 0 Å². The zero-order valence-electron chi connectivity index (χ0n) is 11.5. The van der Waals surface area contributed by atoms with Crippen LogP contribution in [0, 0.1) is 19.3 Å². The summed E-state index contributed by atoms with van der Waals surface area (Å²) in [6.07, 6.45) is 5.02. The number of hydrogen-bond acceptors (Lipinski definition) is 2. The second-order valence-electron chi connectivity index (χ2n) is 4.50. The lowest BCUT2D eigenvalue weighted by molar-refractivity contribution is -0.139. The van der Waals surface area contributed by atoms with Gasteiger partial charge in [-0.2, -0.15) is 0 Å². The second kappa shape index (κ2) is 7.19. The molecule has 0 bridgehead atoms. The molecule has 20 heavy (non-hydrogen) atoms. The Labute approximate surface area is 118 Å². The first kappa shape index (κ1) is 15.6. The lowest BCUT2D eigenvalue weighted by Gasteiger charge is -2.19. The minimum absolute atomic E-state index is 0.0541. The van der Waals surface area contributed by atoms with E-state index in [1.807, 2.05) is 38.1 Å². The monoisotopic (exact) mass is 274 g/mol. The molecule has 0 aliphatic heterocycles. The Kier molecular flexibility index (Phi) is 5.60. The zero-order chi connectivity index (χ0) is 15.1. The SMILES string of the molecule is C#CCC(NC(=O)NC(C)c1ccccc1C)C(=O)O. The third-order valence-corrected chi connectivity index (χ3v) is 2.93. The topological polar surface area (TPSA) is 78.4 Å². The van der Waals surface area contributed by atoms with E-state index in [0.717, 1.165) is 11.1 Å². The minimum atomic E-state index is -1.15. The van der Waals surface area contributed by atoms with Crippen molar-refractivity contribution in [3.63, 3.8) is 0 Å². The van der Waals surface area contributed by atoms with E-state index in [1.54, 1.807) is 0 Å². The molecule has 0 aromatic heterocycles. The number of carboxylic acids is 1.